The van der Waals surface area contributed by atoms with Crippen molar-refractivity contribution in [3.05, 3.63) is 91.0 Å². The standard InChI is InChI=1S/C22H26O2Si2/c1-4-23-25(2,3)24-26(20-14-8-5-9-15-20,21-16-10-6-11-17-21)22-18-12-7-13-19-22/h5-19H,4H2,1-3H3. The van der Waals surface area contributed by atoms with Gasteiger partial charge in [-0.2, -0.15) is 0 Å². The van der Waals surface area contributed by atoms with Gasteiger partial charge >= 0.3 is 8.56 Å². The third-order valence-corrected chi connectivity index (χ3v) is 12.0. The van der Waals surface area contributed by atoms with Gasteiger partial charge < -0.3 is 8.54 Å². The van der Waals surface area contributed by atoms with Crippen molar-refractivity contribution in [2.45, 2.75) is 20.0 Å². The van der Waals surface area contributed by atoms with Gasteiger partial charge in [-0.05, 0) is 35.6 Å². The van der Waals surface area contributed by atoms with Gasteiger partial charge in [0.1, 0.15) is 0 Å². The van der Waals surface area contributed by atoms with Crippen LogP contribution in [0.4, 0.5) is 0 Å². The van der Waals surface area contributed by atoms with Crippen LogP contribution in [0.1, 0.15) is 6.92 Å². The minimum atomic E-state index is -2.66. The molecule has 0 radical (unpaired) electrons. The Labute approximate surface area is 158 Å². The molecule has 0 spiro atoms. The average molecular weight is 379 g/mol. The Hall–Kier alpha value is -1.99. The second-order valence-electron chi connectivity index (χ2n) is 6.71. The van der Waals surface area contributed by atoms with Gasteiger partial charge in [0.05, 0.1) is 0 Å². The van der Waals surface area contributed by atoms with Crippen LogP contribution in [0.15, 0.2) is 91.0 Å². The highest BCUT2D eigenvalue weighted by Gasteiger charge is 2.46. The summed E-state index contributed by atoms with van der Waals surface area (Å²) in [5, 5.41) is 3.74. The molecule has 0 aliphatic carbocycles. The Morgan fingerprint density at radius 1 is 0.615 bits per heavy atom. The number of benzene rings is 3. The molecule has 0 fully saturated rings. The Morgan fingerprint density at radius 2 is 0.962 bits per heavy atom. The van der Waals surface area contributed by atoms with Crippen molar-refractivity contribution in [2.75, 3.05) is 6.61 Å². The van der Waals surface area contributed by atoms with Crippen LogP contribution < -0.4 is 15.6 Å². The van der Waals surface area contributed by atoms with E-state index in [-0.39, 0.29) is 0 Å². The lowest BCUT2D eigenvalue weighted by Gasteiger charge is -2.39. The van der Waals surface area contributed by atoms with Crippen LogP contribution in [0.2, 0.25) is 13.1 Å². The van der Waals surface area contributed by atoms with Crippen molar-refractivity contribution >= 4 is 32.4 Å². The molecule has 26 heavy (non-hydrogen) atoms. The van der Waals surface area contributed by atoms with Gasteiger partial charge in [0.2, 0.25) is 0 Å². The molecule has 0 heterocycles. The Morgan fingerprint density at radius 3 is 1.27 bits per heavy atom. The first-order valence-electron chi connectivity index (χ1n) is 9.09. The zero-order valence-corrected chi connectivity index (χ0v) is 17.7. The second-order valence-corrected chi connectivity index (χ2v) is 13.7. The summed E-state index contributed by atoms with van der Waals surface area (Å²) >= 11 is 0. The quantitative estimate of drug-likeness (QED) is 0.463. The second kappa shape index (κ2) is 8.14. The molecule has 3 aromatic rings. The molecule has 0 aromatic heterocycles. The summed E-state index contributed by atoms with van der Waals surface area (Å²) < 4.78 is 13.2. The van der Waals surface area contributed by atoms with Crippen LogP contribution in [-0.4, -0.2) is 23.5 Å². The van der Waals surface area contributed by atoms with Crippen LogP contribution >= 0.6 is 0 Å². The third kappa shape index (κ3) is 3.89. The van der Waals surface area contributed by atoms with Gasteiger partial charge in [-0.25, -0.2) is 0 Å². The van der Waals surface area contributed by atoms with Crippen LogP contribution in [0.5, 0.6) is 0 Å². The third-order valence-electron chi connectivity index (χ3n) is 4.43. The van der Waals surface area contributed by atoms with Crippen LogP contribution in [0, 0.1) is 0 Å². The Balaban J connectivity index is 2.28. The summed E-state index contributed by atoms with van der Waals surface area (Å²) in [7, 11) is -4.99. The molecular formula is C22H26O2Si2. The fourth-order valence-electron chi connectivity index (χ4n) is 3.44. The highest BCUT2D eigenvalue weighted by atomic mass is 28.4. The number of hydrogen-bond donors (Lipinski definition) is 0. The smallest absolute Gasteiger partial charge is 0.322 e. The minimum Gasteiger partial charge on any atom is -0.425 e. The van der Waals surface area contributed by atoms with Crippen molar-refractivity contribution in [3.63, 3.8) is 0 Å². The van der Waals surface area contributed by atoms with Gasteiger partial charge in [0, 0.05) is 6.61 Å². The molecular weight excluding hydrogens is 352 g/mol. The largest absolute Gasteiger partial charge is 0.425 e. The van der Waals surface area contributed by atoms with Gasteiger partial charge in [-0.1, -0.05) is 91.0 Å². The summed E-state index contributed by atoms with van der Waals surface area (Å²) in [6.07, 6.45) is 0. The van der Waals surface area contributed by atoms with E-state index in [1.807, 2.05) is 6.92 Å². The molecule has 134 valence electrons. The minimum absolute atomic E-state index is 0.669. The van der Waals surface area contributed by atoms with Crippen molar-refractivity contribution in [1.29, 1.82) is 0 Å². The van der Waals surface area contributed by atoms with E-state index in [0.29, 0.717) is 6.61 Å². The van der Waals surface area contributed by atoms with Gasteiger partial charge in [-0.15, -0.1) is 0 Å². The lowest BCUT2D eigenvalue weighted by molar-refractivity contribution is 0.265. The number of hydrogen-bond acceptors (Lipinski definition) is 2. The van der Waals surface area contributed by atoms with E-state index in [1.165, 1.54) is 15.6 Å². The summed E-state index contributed by atoms with van der Waals surface area (Å²) in [5.74, 6) is 0. The molecule has 3 rings (SSSR count). The van der Waals surface area contributed by atoms with E-state index < -0.39 is 16.9 Å². The van der Waals surface area contributed by atoms with E-state index >= 15 is 0 Å². The van der Waals surface area contributed by atoms with E-state index in [1.54, 1.807) is 0 Å². The van der Waals surface area contributed by atoms with Crippen molar-refractivity contribution in [2.24, 2.45) is 0 Å². The lowest BCUT2D eigenvalue weighted by atomic mass is 10.3. The molecule has 2 nitrogen and oxygen atoms in total. The molecule has 0 atom stereocenters. The first-order chi connectivity index (χ1) is 12.6. The van der Waals surface area contributed by atoms with Crippen molar-refractivity contribution in [3.8, 4) is 0 Å². The van der Waals surface area contributed by atoms with Crippen LogP contribution in [-0.2, 0) is 8.54 Å². The van der Waals surface area contributed by atoms with Crippen molar-refractivity contribution < 1.29 is 8.54 Å². The zero-order chi connectivity index (χ0) is 18.5. The van der Waals surface area contributed by atoms with Gasteiger partial charge in [0.15, 0.2) is 0 Å². The maximum atomic E-state index is 7.08. The first-order valence-corrected chi connectivity index (χ1v) is 13.8. The maximum Gasteiger partial charge on any atom is 0.322 e. The Bertz CT molecular complexity index is 709. The van der Waals surface area contributed by atoms with Gasteiger partial charge in [0.25, 0.3) is 8.32 Å². The predicted molar refractivity (Wildman–Crippen MR) is 114 cm³/mol. The molecule has 4 heteroatoms. The molecule has 0 aliphatic rings. The predicted octanol–water partition coefficient (Wildman–Crippen LogP) is 3.41. The van der Waals surface area contributed by atoms with E-state index in [2.05, 4.69) is 104 Å². The molecule has 0 aliphatic heterocycles. The zero-order valence-electron chi connectivity index (χ0n) is 15.7. The van der Waals surface area contributed by atoms with E-state index in [0.717, 1.165) is 0 Å². The number of rotatable bonds is 7. The first kappa shape index (κ1) is 18.8. The molecule has 3 aromatic carbocycles. The fourth-order valence-corrected chi connectivity index (χ4v) is 11.7. The maximum absolute atomic E-state index is 7.08. The van der Waals surface area contributed by atoms with E-state index in [9.17, 15) is 0 Å². The van der Waals surface area contributed by atoms with Crippen LogP contribution in [0.3, 0.4) is 0 Å². The van der Waals surface area contributed by atoms with Crippen LogP contribution in [0.25, 0.3) is 0 Å². The molecule has 0 N–H and O–H groups in total. The van der Waals surface area contributed by atoms with Gasteiger partial charge in [-0.3, -0.25) is 0 Å². The highest BCUT2D eigenvalue weighted by Crippen LogP contribution is 2.17. The monoisotopic (exact) mass is 378 g/mol. The summed E-state index contributed by atoms with van der Waals surface area (Å²) in [6.45, 7) is 7.00. The average Bonchev–Trinajstić information content (AvgIpc) is 2.68. The SMILES string of the molecule is CCO[Si](C)(C)O[Si](c1ccccc1)(c1ccccc1)c1ccccc1. The van der Waals surface area contributed by atoms with E-state index in [4.69, 9.17) is 8.54 Å². The topological polar surface area (TPSA) is 18.5 Å². The molecule has 0 bridgehead atoms. The lowest BCUT2D eigenvalue weighted by Crippen LogP contribution is -2.72. The Kier molecular flexibility index (Phi) is 5.88. The molecule has 0 saturated carbocycles. The highest BCUT2D eigenvalue weighted by molar-refractivity contribution is 7.10. The molecule has 0 unspecified atom stereocenters. The summed E-state index contributed by atoms with van der Waals surface area (Å²) in [4.78, 5) is 0. The van der Waals surface area contributed by atoms with Crippen molar-refractivity contribution in [1.82, 2.24) is 0 Å². The summed E-state index contributed by atoms with van der Waals surface area (Å²) in [5.41, 5.74) is 0. The fraction of sp³-hybridized carbons (Fsp3) is 0.182. The normalized spacial score (nSPS) is 12.1. The molecule has 0 amide bonds. The summed E-state index contributed by atoms with van der Waals surface area (Å²) in [6, 6.07) is 32.0. The molecule has 0 saturated heterocycles.